The van der Waals surface area contributed by atoms with E-state index >= 15 is 0 Å². The Kier molecular flexibility index (Phi) is 5.90. The Bertz CT molecular complexity index is 1190. The number of hydrogen-bond acceptors (Lipinski definition) is 6. The molecule has 0 spiro atoms. The summed E-state index contributed by atoms with van der Waals surface area (Å²) in [4.78, 5) is 27.9. The summed E-state index contributed by atoms with van der Waals surface area (Å²) in [6, 6.07) is 10.2. The lowest BCUT2D eigenvalue weighted by Crippen LogP contribution is -2.14. The maximum atomic E-state index is 13.2. The van der Waals surface area contributed by atoms with Crippen LogP contribution in [0.25, 0.3) is 0 Å². The van der Waals surface area contributed by atoms with Crippen molar-refractivity contribution in [1.82, 2.24) is 0 Å². The Labute approximate surface area is 183 Å². The summed E-state index contributed by atoms with van der Waals surface area (Å²) < 4.78 is 22.9. The van der Waals surface area contributed by atoms with Gasteiger partial charge in [0, 0.05) is 16.7 Å². The van der Waals surface area contributed by atoms with Crippen LogP contribution in [-0.2, 0) is 28.4 Å². The largest absolute Gasteiger partial charge is 0.313 e. The Morgan fingerprint density at radius 2 is 1.80 bits per heavy atom. The van der Waals surface area contributed by atoms with Gasteiger partial charge in [0.05, 0.1) is 16.2 Å². The molecule has 1 aromatic carbocycles. The fourth-order valence-corrected chi connectivity index (χ4v) is 6.41. The van der Waals surface area contributed by atoms with Crippen molar-refractivity contribution in [2.45, 2.75) is 31.4 Å². The number of aryl methyl sites for hydroxylation is 1. The number of amides is 1. The van der Waals surface area contributed by atoms with Crippen LogP contribution in [-0.4, -0.2) is 26.4 Å². The van der Waals surface area contributed by atoms with Crippen molar-refractivity contribution >= 4 is 49.2 Å². The standard InChI is InChI=1S/C22H21NO4S3/c1-30(26,27)13-14-8-10-15(11-9-14)21(25)23-22-19(20(24)18-7-4-12-28-18)16-5-2-3-6-17(16)29-22/h4,7-12H,2-3,5-6,13H2,1H3,(H,23,25). The molecule has 0 saturated heterocycles. The first-order valence-corrected chi connectivity index (χ1v) is 13.4. The van der Waals surface area contributed by atoms with E-state index in [1.807, 2.05) is 17.5 Å². The average Bonchev–Trinajstić information content (AvgIpc) is 3.34. The van der Waals surface area contributed by atoms with E-state index in [0.29, 0.717) is 26.6 Å². The molecule has 2 heterocycles. The number of carbonyl (C=O) groups is 2. The molecule has 4 rings (SSSR count). The molecule has 1 amide bonds. The van der Waals surface area contributed by atoms with Gasteiger partial charge >= 0.3 is 0 Å². The number of nitrogens with one attached hydrogen (secondary N) is 1. The molecule has 0 fully saturated rings. The first kappa shape index (κ1) is 21.0. The van der Waals surface area contributed by atoms with Crippen LogP contribution < -0.4 is 5.32 Å². The molecule has 0 unspecified atom stereocenters. The van der Waals surface area contributed by atoms with Crippen molar-refractivity contribution in [3.05, 3.63) is 73.8 Å². The van der Waals surface area contributed by atoms with E-state index < -0.39 is 9.84 Å². The SMILES string of the molecule is CS(=O)(=O)Cc1ccc(C(=O)Nc2sc3c(c2C(=O)c2cccs2)CCCC3)cc1. The summed E-state index contributed by atoms with van der Waals surface area (Å²) in [5, 5.41) is 5.42. The van der Waals surface area contributed by atoms with Crippen molar-refractivity contribution in [3.8, 4) is 0 Å². The Balaban J connectivity index is 1.62. The minimum atomic E-state index is -3.13. The normalized spacial score (nSPS) is 13.6. The van der Waals surface area contributed by atoms with Gasteiger partial charge in [-0.05, 0) is 60.4 Å². The highest BCUT2D eigenvalue weighted by molar-refractivity contribution is 7.89. The Morgan fingerprint density at radius 1 is 1.07 bits per heavy atom. The molecule has 1 aliphatic rings. The van der Waals surface area contributed by atoms with Gasteiger partial charge in [-0.25, -0.2) is 8.42 Å². The smallest absolute Gasteiger partial charge is 0.256 e. The van der Waals surface area contributed by atoms with Crippen LogP contribution in [0.3, 0.4) is 0 Å². The molecule has 0 bridgehead atoms. The van der Waals surface area contributed by atoms with Crippen LogP contribution in [0.2, 0.25) is 0 Å². The van der Waals surface area contributed by atoms with E-state index in [9.17, 15) is 18.0 Å². The monoisotopic (exact) mass is 459 g/mol. The van der Waals surface area contributed by atoms with E-state index in [1.165, 1.54) is 33.8 Å². The zero-order valence-corrected chi connectivity index (χ0v) is 18.9. The van der Waals surface area contributed by atoms with Crippen LogP contribution in [0.4, 0.5) is 5.00 Å². The molecule has 1 aliphatic carbocycles. The number of rotatable bonds is 6. The lowest BCUT2D eigenvalue weighted by atomic mass is 9.93. The van der Waals surface area contributed by atoms with Crippen LogP contribution in [0.1, 0.15) is 54.4 Å². The van der Waals surface area contributed by atoms with E-state index in [0.717, 1.165) is 31.2 Å². The molecule has 3 aromatic rings. The summed E-state index contributed by atoms with van der Waals surface area (Å²) >= 11 is 2.90. The number of benzene rings is 1. The van der Waals surface area contributed by atoms with E-state index in [-0.39, 0.29) is 17.4 Å². The third-order valence-electron chi connectivity index (χ3n) is 5.02. The molecule has 0 atom stereocenters. The number of carbonyl (C=O) groups excluding carboxylic acids is 2. The number of anilines is 1. The molecule has 0 aliphatic heterocycles. The summed E-state index contributed by atoms with van der Waals surface area (Å²) in [6.45, 7) is 0. The predicted octanol–water partition coefficient (Wildman–Crippen LogP) is 4.72. The highest BCUT2D eigenvalue weighted by atomic mass is 32.2. The van der Waals surface area contributed by atoms with Crippen molar-refractivity contribution in [2.75, 3.05) is 11.6 Å². The molecule has 156 valence electrons. The molecule has 5 nitrogen and oxygen atoms in total. The van der Waals surface area contributed by atoms with Crippen molar-refractivity contribution in [2.24, 2.45) is 0 Å². The first-order valence-electron chi connectivity index (χ1n) is 9.62. The van der Waals surface area contributed by atoms with Gasteiger partial charge in [-0.15, -0.1) is 22.7 Å². The number of thiophene rings is 2. The van der Waals surface area contributed by atoms with Gasteiger partial charge in [0.25, 0.3) is 5.91 Å². The fraction of sp³-hybridized carbons (Fsp3) is 0.273. The topological polar surface area (TPSA) is 80.3 Å². The van der Waals surface area contributed by atoms with Gasteiger partial charge in [0.1, 0.15) is 5.00 Å². The molecule has 2 aromatic heterocycles. The molecular weight excluding hydrogens is 438 g/mol. The fourth-order valence-electron chi connectivity index (χ4n) is 3.66. The predicted molar refractivity (Wildman–Crippen MR) is 122 cm³/mol. The van der Waals surface area contributed by atoms with Gasteiger partial charge in [-0.3, -0.25) is 9.59 Å². The van der Waals surface area contributed by atoms with E-state index in [4.69, 9.17) is 0 Å². The molecule has 0 radical (unpaired) electrons. The molecule has 1 N–H and O–H groups in total. The molecular formula is C22H21NO4S3. The van der Waals surface area contributed by atoms with Crippen molar-refractivity contribution < 1.29 is 18.0 Å². The summed E-state index contributed by atoms with van der Waals surface area (Å²) in [5.74, 6) is -0.408. The summed E-state index contributed by atoms with van der Waals surface area (Å²) in [5.41, 5.74) is 2.75. The maximum Gasteiger partial charge on any atom is 0.256 e. The van der Waals surface area contributed by atoms with Gasteiger partial charge in [0.15, 0.2) is 9.84 Å². The quantitative estimate of drug-likeness (QED) is 0.541. The second kappa shape index (κ2) is 8.45. The lowest BCUT2D eigenvalue weighted by Gasteiger charge is -2.12. The zero-order valence-electron chi connectivity index (χ0n) is 16.4. The number of fused-ring (bicyclic) bond motifs is 1. The highest BCUT2D eigenvalue weighted by Gasteiger charge is 2.27. The lowest BCUT2D eigenvalue weighted by molar-refractivity contribution is 0.102. The average molecular weight is 460 g/mol. The number of sulfone groups is 1. The summed E-state index contributed by atoms with van der Waals surface area (Å²) in [7, 11) is -3.13. The molecule has 0 saturated carbocycles. The van der Waals surface area contributed by atoms with Gasteiger partial charge in [0.2, 0.25) is 5.78 Å². The van der Waals surface area contributed by atoms with Crippen LogP contribution >= 0.6 is 22.7 Å². The number of ketones is 1. The van der Waals surface area contributed by atoms with Crippen molar-refractivity contribution in [1.29, 1.82) is 0 Å². The minimum absolute atomic E-state index is 0.0387. The Morgan fingerprint density at radius 3 is 2.47 bits per heavy atom. The van der Waals surface area contributed by atoms with E-state index in [2.05, 4.69) is 5.32 Å². The molecule has 30 heavy (non-hydrogen) atoms. The number of hydrogen-bond donors (Lipinski definition) is 1. The first-order chi connectivity index (χ1) is 14.3. The van der Waals surface area contributed by atoms with Gasteiger partial charge in [-0.1, -0.05) is 18.2 Å². The van der Waals surface area contributed by atoms with Gasteiger partial charge in [-0.2, -0.15) is 0 Å². The maximum absolute atomic E-state index is 13.2. The Hall–Kier alpha value is -2.29. The van der Waals surface area contributed by atoms with Crippen LogP contribution in [0, 0.1) is 0 Å². The third kappa shape index (κ3) is 4.55. The van der Waals surface area contributed by atoms with Crippen molar-refractivity contribution in [3.63, 3.8) is 0 Å². The molecule has 8 heteroatoms. The summed E-state index contributed by atoms with van der Waals surface area (Å²) in [6.07, 6.45) is 5.10. The van der Waals surface area contributed by atoms with Gasteiger partial charge < -0.3 is 5.32 Å². The second-order valence-corrected chi connectivity index (χ2v) is 11.6. The zero-order chi connectivity index (χ0) is 21.3. The third-order valence-corrected chi connectivity index (χ3v) is 7.95. The van der Waals surface area contributed by atoms with Crippen LogP contribution in [0.15, 0.2) is 41.8 Å². The second-order valence-electron chi connectivity index (χ2n) is 7.44. The van der Waals surface area contributed by atoms with E-state index in [1.54, 1.807) is 24.3 Å². The van der Waals surface area contributed by atoms with Crippen LogP contribution in [0.5, 0.6) is 0 Å². The highest BCUT2D eigenvalue weighted by Crippen LogP contribution is 2.40. The minimum Gasteiger partial charge on any atom is -0.313 e.